The van der Waals surface area contributed by atoms with Crippen LogP contribution in [0.15, 0.2) is 96.7 Å². The third kappa shape index (κ3) is 29.1. The predicted octanol–water partition coefficient (Wildman–Crippen LogP) is 14.7. The second-order valence-electron chi connectivity index (χ2n) is 14.0. The van der Waals surface area contributed by atoms with E-state index in [-0.39, 0.29) is 10.8 Å². The minimum absolute atomic E-state index is 0.228. The molecule has 0 aromatic carbocycles. The summed E-state index contributed by atoms with van der Waals surface area (Å²) in [5, 5.41) is 0. The summed E-state index contributed by atoms with van der Waals surface area (Å²) in [6.07, 6.45) is 26.4. The minimum atomic E-state index is 0.228. The zero-order valence-electron chi connectivity index (χ0n) is 33.2. The monoisotopic (exact) mass is 624 g/mol. The van der Waals surface area contributed by atoms with Crippen molar-refractivity contribution >= 4 is 0 Å². The second kappa shape index (κ2) is 30.5. The van der Waals surface area contributed by atoms with Crippen LogP contribution in [0.2, 0.25) is 0 Å². The largest absolute Gasteiger partial charge is 0.330 e. The van der Waals surface area contributed by atoms with Crippen LogP contribution < -0.4 is 5.73 Å². The number of fused-ring (bicyclic) bond motifs is 1. The van der Waals surface area contributed by atoms with E-state index in [1.54, 1.807) is 6.08 Å². The second-order valence-corrected chi connectivity index (χ2v) is 14.0. The van der Waals surface area contributed by atoms with Gasteiger partial charge in [-0.05, 0) is 88.3 Å². The molecular weight excluding hydrogens is 542 g/mol. The Bertz CT molecular complexity index is 897. The van der Waals surface area contributed by atoms with Crippen LogP contribution in [-0.4, -0.2) is 6.54 Å². The molecule has 0 bridgehead atoms. The number of allylic oxidation sites excluding steroid dienone is 12. The molecule has 2 aliphatic rings. The predicted molar refractivity (Wildman–Crippen MR) is 214 cm³/mol. The first-order chi connectivity index (χ1) is 20.9. The molecule has 0 fully saturated rings. The lowest BCUT2D eigenvalue weighted by Crippen LogP contribution is -2.18. The van der Waals surface area contributed by atoms with E-state index >= 15 is 0 Å². The fourth-order valence-electron chi connectivity index (χ4n) is 3.73. The highest BCUT2D eigenvalue weighted by Gasteiger charge is 2.26. The van der Waals surface area contributed by atoms with Crippen LogP contribution in [0.1, 0.15) is 155 Å². The van der Waals surface area contributed by atoms with Gasteiger partial charge in [0, 0.05) is 5.41 Å². The summed E-state index contributed by atoms with van der Waals surface area (Å²) in [4.78, 5) is 0. The molecule has 0 aliphatic heterocycles. The van der Waals surface area contributed by atoms with Crippen LogP contribution in [0.5, 0.6) is 0 Å². The third-order valence-corrected chi connectivity index (χ3v) is 8.41. The van der Waals surface area contributed by atoms with Gasteiger partial charge in [0.05, 0.1) is 0 Å². The molecular formula is C44H81N. The molecule has 0 saturated heterocycles. The normalized spacial score (nSPS) is 16.4. The van der Waals surface area contributed by atoms with Gasteiger partial charge in [0.2, 0.25) is 0 Å². The number of hydrogen-bond donors (Lipinski definition) is 1. The number of unbranched alkanes of at least 4 members (excludes halogenated alkanes) is 3. The Morgan fingerprint density at radius 3 is 1.82 bits per heavy atom. The highest BCUT2D eigenvalue weighted by Crippen LogP contribution is 2.40. The van der Waals surface area contributed by atoms with Gasteiger partial charge in [0.15, 0.2) is 0 Å². The summed E-state index contributed by atoms with van der Waals surface area (Å²) < 4.78 is 0. The molecule has 0 saturated carbocycles. The van der Waals surface area contributed by atoms with Crippen LogP contribution in [0, 0.1) is 22.7 Å². The van der Waals surface area contributed by atoms with E-state index in [1.165, 1.54) is 67.2 Å². The molecule has 45 heavy (non-hydrogen) atoms. The highest BCUT2D eigenvalue weighted by atomic mass is 14.5. The molecule has 2 unspecified atom stereocenters. The fourth-order valence-corrected chi connectivity index (χ4v) is 3.73. The van der Waals surface area contributed by atoms with E-state index in [4.69, 9.17) is 5.73 Å². The topological polar surface area (TPSA) is 26.0 Å². The molecule has 2 N–H and O–H groups in total. The van der Waals surface area contributed by atoms with Crippen molar-refractivity contribution in [1.82, 2.24) is 0 Å². The van der Waals surface area contributed by atoms with Crippen LogP contribution in [0.3, 0.4) is 0 Å². The van der Waals surface area contributed by atoms with E-state index in [0.29, 0.717) is 0 Å². The lowest BCUT2D eigenvalue weighted by atomic mass is 9.73. The maximum absolute atomic E-state index is 5.21. The zero-order valence-corrected chi connectivity index (χ0v) is 33.2. The van der Waals surface area contributed by atoms with Gasteiger partial charge in [-0.25, -0.2) is 0 Å². The van der Waals surface area contributed by atoms with E-state index in [2.05, 4.69) is 146 Å². The van der Waals surface area contributed by atoms with Crippen LogP contribution >= 0.6 is 0 Å². The summed E-state index contributed by atoms with van der Waals surface area (Å²) >= 11 is 0. The summed E-state index contributed by atoms with van der Waals surface area (Å²) in [6, 6.07) is 0. The van der Waals surface area contributed by atoms with Gasteiger partial charge in [-0.1, -0.05) is 180 Å². The minimum Gasteiger partial charge on any atom is -0.330 e. The molecule has 2 rings (SSSR count). The van der Waals surface area contributed by atoms with Gasteiger partial charge in [-0.3, -0.25) is 0 Å². The van der Waals surface area contributed by atoms with Crippen LogP contribution in [-0.2, 0) is 0 Å². The number of rotatable bonds is 11. The molecule has 0 spiro atoms. The standard InChI is InChI=1S/C12H14.C10H18.C9H18.C5H13N.C5H12.C3H6/c1-10-6-8-12(2)7-4-3-5-11(12)9-10;1-7-10(5,6)9(4)8(2)3;1-5-6-7-9(4)8(2)3;1-2-3-4-5-6;1-4-5(2)3;1-3-2/h3-7,9H,8H2,1-2H3;2,4,7H2,1,3,5-6H3;9H,2,5-7H2,1,3-4H3;2-6H2,1H3;5H,4H2,1-3H3;3H,1H2,2H3. The van der Waals surface area contributed by atoms with Gasteiger partial charge in [-0.2, -0.15) is 0 Å². The Morgan fingerprint density at radius 2 is 1.49 bits per heavy atom. The Hall–Kier alpha value is -2.12. The van der Waals surface area contributed by atoms with Gasteiger partial charge in [0.25, 0.3) is 0 Å². The first kappa shape index (κ1) is 49.8. The fraction of sp³-hybridized carbons (Fsp3) is 0.636. The maximum Gasteiger partial charge on any atom is 0.0141 e. The van der Waals surface area contributed by atoms with Gasteiger partial charge in [0.1, 0.15) is 0 Å². The molecule has 0 amide bonds. The van der Waals surface area contributed by atoms with Gasteiger partial charge in [-0.15, -0.1) is 6.58 Å². The molecule has 2 aliphatic carbocycles. The van der Waals surface area contributed by atoms with Crippen molar-refractivity contribution in [2.75, 3.05) is 6.54 Å². The van der Waals surface area contributed by atoms with Crippen LogP contribution in [0.25, 0.3) is 0 Å². The Kier molecular flexibility index (Phi) is 33.8. The summed E-state index contributed by atoms with van der Waals surface area (Å²) in [5.74, 6) is 1.61. The molecule has 2 atom stereocenters. The smallest absolute Gasteiger partial charge is 0.0141 e. The molecule has 0 aromatic rings. The summed E-state index contributed by atoms with van der Waals surface area (Å²) in [5.41, 5.74) is 12.2. The molecule has 0 aromatic heterocycles. The lowest BCUT2D eigenvalue weighted by molar-refractivity contribution is 0.436. The Morgan fingerprint density at radius 1 is 0.978 bits per heavy atom. The third-order valence-electron chi connectivity index (χ3n) is 8.41. The van der Waals surface area contributed by atoms with Crippen molar-refractivity contribution < 1.29 is 0 Å². The van der Waals surface area contributed by atoms with Crippen molar-refractivity contribution in [3.05, 3.63) is 96.7 Å². The zero-order chi connectivity index (χ0) is 36.1. The SMILES string of the molecule is C=C(C)C(=C)C(C)(C)CC.C=C(C)C(C)CCCC.C=CC.CC1=CCC2(C)C=CC=CC2=C1.CCC(C)C.CCCCCN. The van der Waals surface area contributed by atoms with Crippen molar-refractivity contribution in [3.63, 3.8) is 0 Å². The average Bonchev–Trinajstić information content (AvgIpc) is 3.00. The van der Waals surface area contributed by atoms with Crippen LogP contribution in [0.4, 0.5) is 0 Å². The van der Waals surface area contributed by atoms with E-state index in [0.717, 1.165) is 36.8 Å². The molecule has 0 radical (unpaired) electrons. The average molecular weight is 624 g/mol. The van der Waals surface area contributed by atoms with Crippen molar-refractivity contribution in [1.29, 1.82) is 0 Å². The van der Waals surface area contributed by atoms with E-state index < -0.39 is 0 Å². The molecule has 262 valence electrons. The van der Waals surface area contributed by atoms with Gasteiger partial charge < -0.3 is 5.73 Å². The van der Waals surface area contributed by atoms with Crippen molar-refractivity contribution in [3.8, 4) is 0 Å². The lowest BCUT2D eigenvalue weighted by Gasteiger charge is -2.31. The molecule has 1 nitrogen and oxygen atoms in total. The first-order valence-corrected chi connectivity index (χ1v) is 17.9. The number of hydrogen-bond acceptors (Lipinski definition) is 1. The molecule has 0 heterocycles. The Balaban J connectivity index is -0.000000236. The summed E-state index contributed by atoms with van der Waals surface area (Å²) in [7, 11) is 0. The summed E-state index contributed by atoms with van der Waals surface area (Å²) in [6.45, 7) is 46.3. The van der Waals surface area contributed by atoms with Gasteiger partial charge >= 0.3 is 0 Å². The quantitative estimate of drug-likeness (QED) is 0.138. The van der Waals surface area contributed by atoms with E-state index in [1.807, 2.05) is 13.8 Å². The maximum atomic E-state index is 5.21. The number of nitrogens with two attached hydrogens (primary N) is 1. The Labute approximate surface area is 285 Å². The van der Waals surface area contributed by atoms with Crippen molar-refractivity contribution in [2.45, 2.75) is 155 Å². The highest BCUT2D eigenvalue weighted by molar-refractivity contribution is 5.45. The van der Waals surface area contributed by atoms with E-state index in [9.17, 15) is 0 Å². The first-order valence-electron chi connectivity index (χ1n) is 17.9. The molecule has 1 heteroatoms. The van der Waals surface area contributed by atoms with Crippen molar-refractivity contribution in [2.24, 2.45) is 28.4 Å².